The zero-order chi connectivity index (χ0) is 14.5. The van der Waals surface area contributed by atoms with E-state index in [0.29, 0.717) is 5.56 Å². The van der Waals surface area contributed by atoms with Gasteiger partial charge in [-0.25, -0.2) is 4.39 Å². The number of nitrogens with one attached hydrogen (secondary N) is 2. The molecule has 2 aromatic rings. The van der Waals surface area contributed by atoms with Crippen LogP contribution in [0.2, 0.25) is 0 Å². The Kier molecular flexibility index (Phi) is 4.74. The molecule has 2 rings (SSSR count). The second kappa shape index (κ2) is 6.52. The highest BCUT2D eigenvalue weighted by molar-refractivity contribution is 9.10. The lowest BCUT2D eigenvalue weighted by atomic mass is 10.2. The van der Waals surface area contributed by atoms with Gasteiger partial charge in [0.05, 0.1) is 6.54 Å². The molecule has 0 spiro atoms. The van der Waals surface area contributed by atoms with Crippen molar-refractivity contribution < 1.29 is 9.18 Å². The van der Waals surface area contributed by atoms with Crippen molar-refractivity contribution in [3.8, 4) is 0 Å². The number of hydrogen-bond donors (Lipinski definition) is 2. The second-order valence-corrected chi connectivity index (χ2v) is 5.29. The van der Waals surface area contributed by atoms with Gasteiger partial charge in [0, 0.05) is 15.8 Å². The van der Waals surface area contributed by atoms with Crippen LogP contribution in [0.15, 0.2) is 46.9 Å². The molecule has 2 N–H and O–H groups in total. The molecule has 0 aliphatic carbocycles. The first-order valence-electron chi connectivity index (χ1n) is 6.10. The van der Waals surface area contributed by atoms with Gasteiger partial charge < -0.3 is 10.6 Å². The summed E-state index contributed by atoms with van der Waals surface area (Å²) in [6.45, 7) is 1.81. The van der Waals surface area contributed by atoms with Crippen molar-refractivity contribution in [2.75, 3.05) is 17.2 Å². The zero-order valence-corrected chi connectivity index (χ0v) is 12.5. The Morgan fingerprint density at radius 3 is 2.45 bits per heavy atom. The zero-order valence-electron chi connectivity index (χ0n) is 10.9. The molecule has 0 aliphatic rings. The first-order valence-corrected chi connectivity index (χ1v) is 6.89. The number of carbonyl (C=O) groups is 1. The fourth-order valence-corrected chi connectivity index (χ4v) is 1.94. The number of benzene rings is 2. The lowest BCUT2D eigenvalue weighted by Crippen LogP contribution is -2.21. The van der Waals surface area contributed by atoms with Gasteiger partial charge in [-0.2, -0.15) is 0 Å². The van der Waals surface area contributed by atoms with Crippen LogP contribution in [0.25, 0.3) is 0 Å². The van der Waals surface area contributed by atoms with Crippen LogP contribution in [0.5, 0.6) is 0 Å². The molecule has 0 unspecified atom stereocenters. The van der Waals surface area contributed by atoms with Crippen LogP contribution in [-0.2, 0) is 4.79 Å². The quantitative estimate of drug-likeness (QED) is 0.887. The summed E-state index contributed by atoms with van der Waals surface area (Å²) < 4.78 is 14.1. The Bertz CT molecular complexity index is 614. The molecule has 20 heavy (non-hydrogen) atoms. The molecular weight excluding hydrogens is 323 g/mol. The smallest absolute Gasteiger partial charge is 0.243 e. The van der Waals surface area contributed by atoms with E-state index in [0.717, 1.165) is 15.8 Å². The van der Waals surface area contributed by atoms with Crippen LogP contribution in [0.3, 0.4) is 0 Å². The Balaban J connectivity index is 1.88. The Morgan fingerprint density at radius 2 is 1.80 bits per heavy atom. The van der Waals surface area contributed by atoms with Crippen molar-refractivity contribution >= 4 is 33.2 Å². The lowest BCUT2D eigenvalue weighted by Gasteiger charge is -2.08. The molecule has 0 radical (unpaired) electrons. The minimum Gasteiger partial charge on any atom is -0.376 e. The van der Waals surface area contributed by atoms with Crippen LogP contribution >= 0.6 is 15.9 Å². The van der Waals surface area contributed by atoms with Gasteiger partial charge in [0.25, 0.3) is 0 Å². The van der Waals surface area contributed by atoms with E-state index in [1.807, 2.05) is 24.3 Å². The number of aryl methyl sites for hydroxylation is 1. The van der Waals surface area contributed by atoms with Crippen molar-refractivity contribution in [1.82, 2.24) is 0 Å². The predicted molar refractivity (Wildman–Crippen MR) is 82.4 cm³/mol. The summed E-state index contributed by atoms with van der Waals surface area (Å²) in [4.78, 5) is 11.8. The number of amides is 1. The molecule has 0 bridgehead atoms. The molecule has 0 aliphatic heterocycles. The second-order valence-electron chi connectivity index (χ2n) is 4.37. The number of carbonyl (C=O) groups excluding carboxylic acids is 1. The number of rotatable bonds is 4. The van der Waals surface area contributed by atoms with Gasteiger partial charge in [-0.15, -0.1) is 0 Å². The molecule has 3 nitrogen and oxygen atoms in total. The normalized spacial score (nSPS) is 10.2. The van der Waals surface area contributed by atoms with Crippen molar-refractivity contribution in [2.45, 2.75) is 6.92 Å². The molecule has 0 atom stereocenters. The lowest BCUT2D eigenvalue weighted by molar-refractivity contribution is -0.114. The van der Waals surface area contributed by atoms with Gasteiger partial charge in [-0.1, -0.05) is 15.9 Å². The average molecular weight is 337 g/mol. The highest BCUT2D eigenvalue weighted by atomic mass is 79.9. The first kappa shape index (κ1) is 14.5. The van der Waals surface area contributed by atoms with Gasteiger partial charge in [0.2, 0.25) is 5.91 Å². The first-order chi connectivity index (χ1) is 9.54. The minimum absolute atomic E-state index is 0.126. The Hall–Kier alpha value is -1.88. The third-order valence-electron chi connectivity index (χ3n) is 2.74. The Morgan fingerprint density at radius 1 is 1.15 bits per heavy atom. The van der Waals surface area contributed by atoms with Crippen molar-refractivity contribution in [3.05, 3.63) is 58.3 Å². The number of hydrogen-bond acceptors (Lipinski definition) is 2. The average Bonchev–Trinajstić information content (AvgIpc) is 2.43. The summed E-state index contributed by atoms with van der Waals surface area (Å²) in [5.41, 5.74) is 1.99. The molecular formula is C15H14BrFN2O. The van der Waals surface area contributed by atoms with E-state index in [-0.39, 0.29) is 18.3 Å². The summed E-state index contributed by atoms with van der Waals surface area (Å²) in [5, 5.41) is 5.73. The fourth-order valence-electron chi connectivity index (χ4n) is 1.68. The van der Waals surface area contributed by atoms with Crippen LogP contribution < -0.4 is 10.6 Å². The highest BCUT2D eigenvalue weighted by Gasteiger charge is 2.03. The van der Waals surface area contributed by atoms with Crippen LogP contribution in [0.4, 0.5) is 15.8 Å². The predicted octanol–water partition coefficient (Wildman–Crippen LogP) is 3.95. The van der Waals surface area contributed by atoms with E-state index in [4.69, 9.17) is 0 Å². The SMILES string of the molecule is Cc1cc(NCC(=O)Nc2ccc(Br)cc2)ccc1F. The summed E-state index contributed by atoms with van der Waals surface area (Å²) in [6.07, 6.45) is 0. The maximum absolute atomic E-state index is 13.1. The fraction of sp³-hybridized carbons (Fsp3) is 0.133. The van der Waals surface area contributed by atoms with E-state index < -0.39 is 0 Å². The van der Waals surface area contributed by atoms with E-state index in [1.165, 1.54) is 6.07 Å². The third-order valence-corrected chi connectivity index (χ3v) is 3.27. The molecule has 0 heterocycles. The van der Waals surface area contributed by atoms with Crippen LogP contribution in [-0.4, -0.2) is 12.5 Å². The molecule has 0 saturated carbocycles. The molecule has 1 amide bonds. The third kappa shape index (κ3) is 4.06. The topological polar surface area (TPSA) is 41.1 Å². The van der Waals surface area contributed by atoms with Gasteiger partial charge in [0.15, 0.2) is 0 Å². The van der Waals surface area contributed by atoms with Gasteiger partial charge in [-0.05, 0) is 55.0 Å². The van der Waals surface area contributed by atoms with E-state index in [9.17, 15) is 9.18 Å². The standard InChI is InChI=1S/C15H14BrFN2O/c1-10-8-13(6-7-14(10)17)18-9-15(20)19-12-4-2-11(16)3-5-12/h2-8,18H,9H2,1H3,(H,19,20). The number of halogens is 2. The number of anilines is 2. The highest BCUT2D eigenvalue weighted by Crippen LogP contribution is 2.15. The van der Waals surface area contributed by atoms with Gasteiger partial charge in [0.1, 0.15) is 5.82 Å². The summed E-state index contributed by atoms with van der Waals surface area (Å²) >= 11 is 3.33. The summed E-state index contributed by atoms with van der Waals surface area (Å²) in [6, 6.07) is 12.0. The van der Waals surface area contributed by atoms with Crippen LogP contribution in [0, 0.1) is 12.7 Å². The molecule has 5 heteroatoms. The van der Waals surface area contributed by atoms with Gasteiger partial charge in [-0.3, -0.25) is 4.79 Å². The maximum Gasteiger partial charge on any atom is 0.243 e. The minimum atomic E-state index is -0.255. The van der Waals surface area contributed by atoms with Crippen molar-refractivity contribution in [3.63, 3.8) is 0 Å². The van der Waals surface area contributed by atoms with Crippen LogP contribution in [0.1, 0.15) is 5.56 Å². The summed E-state index contributed by atoms with van der Waals surface area (Å²) in [7, 11) is 0. The van der Waals surface area contributed by atoms with Crippen molar-refractivity contribution in [2.24, 2.45) is 0 Å². The molecule has 0 aromatic heterocycles. The Labute approximate surface area is 125 Å². The van der Waals surface area contributed by atoms with E-state index >= 15 is 0 Å². The molecule has 2 aromatic carbocycles. The largest absolute Gasteiger partial charge is 0.376 e. The van der Waals surface area contributed by atoms with E-state index in [1.54, 1.807) is 19.1 Å². The van der Waals surface area contributed by atoms with Gasteiger partial charge >= 0.3 is 0 Å². The monoisotopic (exact) mass is 336 g/mol. The summed E-state index contributed by atoms with van der Waals surface area (Å²) in [5.74, 6) is -0.413. The molecule has 0 fully saturated rings. The maximum atomic E-state index is 13.1. The molecule has 0 saturated heterocycles. The molecule has 104 valence electrons. The van der Waals surface area contributed by atoms with Crippen molar-refractivity contribution in [1.29, 1.82) is 0 Å². The van der Waals surface area contributed by atoms with E-state index in [2.05, 4.69) is 26.6 Å².